The predicted molar refractivity (Wildman–Crippen MR) is 85.7 cm³/mol. The Balaban J connectivity index is 2.94. The van der Waals surface area contributed by atoms with E-state index in [-0.39, 0.29) is 4.90 Å². The summed E-state index contributed by atoms with van der Waals surface area (Å²) in [5.74, 6) is -1.85. The minimum Gasteiger partial charge on any atom is -0.480 e. The van der Waals surface area contributed by atoms with Gasteiger partial charge < -0.3 is 10.0 Å². The van der Waals surface area contributed by atoms with E-state index in [9.17, 15) is 18.0 Å². The molecule has 23 heavy (non-hydrogen) atoms. The Morgan fingerprint density at radius 1 is 1.26 bits per heavy atom. The normalized spacial score (nSPS) is 13.4. The molecule has 1 aromatic carbocycles. The van der Waals surface area contributed by atoms with Crippen LogP contribution in [-0.4, -0.2) is 48.9 Å². The summed E-state index contributed by atoms with van der Waals surface area (Å²) < 4.78 is 26.7. The van der Waals surface area contributed by atoms with Gasteiger partial charge in [-0.05, 0) is 45.0 Å². The fraction of sp³-hybridized carbons (Fsp3) is 0.429. The summed E-state index contributed by atoms with van der Waals surface area (Å²) in [6, 6.07) is 4.34. The molecule has 0 spiro atoms. The Morgan fingerprint density at radius 3 is 2.17 bits per heavy atom. The molecule has 0 aromatic heterocycles. The Bertz CT molecular complexity index is 700. The lowest BCUT2D eigenvalue weighted by Gasteiger charge is -2.33. The number of hydrogen-bond acceptors (Lipinski definition) is 4. The maximum absolute atomic E-state index is 12.3. The van der Waals surface area contributed by atoms with Crippen molar-refractivity contribution in [2.24, 2.45) is 0 Å². The van der Waals surface area contributed by atoms with Gasteiger partial charge in [0.2, 0.25) is 15.9 Å². The molecule has 1 atom stereocenters. The number of aliphatic carboxylic acids is 1. The van der Waals surface area contributed by atoms with E-state index in [1.165, 1.54) is 52.1 Å². The second kappa shape index (κ2) is 6.86. The van der Waals surface area contributed by atoms with Gasteiger partial charge in [-0.2, -0.15) is 4.72 Å². The zero-order valence-electron chi connectivity index (χ0n) is 13.2. The van der Waals surface area contributed by atoms with E-state index in [4.69, 9.17) is 16.7 Å². The Labute approximate surface area is 140 Å². The second-order valence-electron chi connectivity index (χ2n) is 5.56. The highest BCUT2D eigenvalue weighted by atomic mass is 35.5. The van der Waals surface area contributed by atoms with Gasteiger partial charge >= 0.3 is 5.97 Å². The topological polar surface area (TPSA) is 104 Å². The molecule has 0 fully saturated rings. The number of sulfonamides is 1. The zero-order chi connectivity index (χ0) is 18.0. The third kappa shape index (κ3) is 4.43. The molecule has 0 heterocycles. The molecule has 1 aromatic rings. The number of carbonyl (C=O) groups excluding carboxylic acids is 1. The number of nitrogens with one attached hydrogen (secondary N) is 1. The molecule has 0 aliphatic heterocycles. The summed E-state index contributed by atoms with van der Waals surface area (Å²) in [6.07, 6.45) is 0. The quantitative estimate of drug-likeness (QED) is 0.794. The molecule has 0 aliphatic rings. The zero-order valence-corrected chi connectivity index (χ0v) is 14.8. The van der Waals surface area contributed by atoms with Crippen molar-refractivity contribution in [1.29, 1.82) is 0 Å². The fourth-order valence-corrected chi connectivity index (χ4v) is 3.00. The highest BCUT2D eigenvalue weighted by molar-refractivity contribution is 7.89. The van der Waals surface area contributed by atoms with Gasteiger partial charge in [-0.3, -0.25) is 4.79 Å². The molecule has 128 valence electrons. The average molecular weight is 363 g/mol. The number of carboxylic acid groups (broad SMARTS) is 1. The van der Waals surface area contributed by atoms with Crippen LogP contribution >= 0.6 is 11.6 Å². The molecule has 0 bridgehead atoms. The first-order valence-corrected chi connectivity index (χ1v) is 8.54. The second-order valence-corrected chi connectivity index (χ2v) is 7.71. The number of likely N-dealkylation sites (N-methyl/N-ethyl adjacent to an activating group) is 1. The lowest BCUT2D eigenvalue weighted by atomic mass is 10.0. The van der Waals surface area contributed by atoms with Crippen LogP contribution in [0.5, 0.6) is 0 Å². The van der Waals surface area contributed by atoms with Crippen molar-refractivity contribution in [3.8, 4) is 0 Å². The van der Waals surface area contributed by atoms with Crippen molar-refractivity contribution in [1.82, 2.24) is 9.62 Å². The maximum atomic E-state index is 12.3. The van der Waals surface area contributed by atoms with E-state index in [1.807, 2.05) is 0 Å². The number of amides is 1. The lowest BCUT2D eigenvalue weighted by Crippen LogP contribution is -2.56. The van der Waals surface area contributed by atoms with Gasteiger partial charge in [-0.15, -0.1) is 0 Å². The molecule has 9 heteroatoms. The summed E-state index contributed by atoms with van der Waals surface area (Å²) in [5, 5.41) is 9.52. The van der Waals surface area contributed by atoms with Gasteiger partial charge in [0.25, 0.3) is 0 Å². The predicted octanol–water partition coefficient (Wildman–Crippen LogP) is 1.33. The summed E-state index contributed by atoms with van der Waals surface area (Å²) in [5.41, 5.74) is -1.46. The van der Waals surface area contributed by atoms with Crippen molar-refractivity contribution in [2.75, 3.05) is 7.05 Å². The minimum atomic E-state index is -3.92. The number of rotatable bonds is 6. The summed E-state index contributed by atoms with van der Waals surface area (Å²) in [7, 11) is -2.62. The first-order valence-electron chi connectivity index (χ1n) is 6.68. The first kappa shape index (κ1) is 19.4. The van der Waals surface area contributed by atoms with E-state index in [0.29, 0.717) is 5.02 Å². The molecule has 0 saturated carbocycles. The average Bonchev–Trinajstić information content (AvgIpc) is 2.45. The van der Waals surface area contributed by atoms with Crippen molar-refractivity contribution in [3.05, 3.63) is 29.3 Å². The van der Waals surface area contributed by atoms with Crippen molar-refractivity contribution < 1.29 is 23.1 Å². The molecular formula is C14H19ClN2O5S. The summed E-state index contributed by atoms with van der Waals surface area (Å²) in [4.78, 5) is 24.4. The Hall–Kier alpha value is -1.64. The molecular weight excluding hydrogens is 344 g/mol. The molecule has 1 unspecified atom stereocenters. The van der Waals surface area contributed by atoms with Crippen LogP contribution in [0.4, 0.5) is 0 Å². The van der Waals surface area contributed by atoms with E-state index in [0.717, 1.165) is 4.90 Å². The van der Waals surface area contributed by atoms with Crippen LogP contribution in [0.3, 0.4) is 0 Å². The van der Waals surface area contributed by atoms with Crippen molar-refractivity contribution in [3.63, 3.8) is 0 Å². The van der Waals surface area contributed by atoms with E-state index in [2.05, 4.69) is 4.72 Å². The van der Waals surface area contributed by atoms with Crippen LogP contribution in [0, 0.1) is 0 Å². The SMILES string of the molecule is CC(NS(=O)(=O)c1ccc(Cl)cc1)C(=O)N(C)C(C)(C)C(=O)O. The van der Waals surface area contributed by atoms with Crippen molar-refractivity contribution >= 4 is 33.5 Å². The number of carbonyl (C=O) groups is 2. The molecule has 0 radical (unpaired) electrons. The number of carboxylic acids is 1. The van der Waals surface area contributed by atoms with Gasteiger partial charge in [0.15, 0.2) is 0 Å². The van der Waals surface area contributed by atoms with Gasteiger partial charge in [-0.1, -0.05) is 11.6 Å². The van der Waals surface area contributed by atoms with E-state index in [1.54, 1.807) is 0 Å². The van der Waals surface area contributed by atoms with Crippen LogP contribution in [0.15, 0.2) is 29.2 Å². The highest BCUT2D eigenvalue weighted by Crippen LogP contribution is 2.16. The molecule has 0 aliphatic carbocycles. The first-order chi connectivity index (χ1) is 10.4. The van der Waals surface area contributed by atoms with Crippen LogP contribution in [0.1, 0.15) is 20.8 Å². The number of hydrogen-bond donors (Lipinski definition) is 2. The van der Waals surface area contributed by atoms with Crippen LogP contribution in [0.2, 0.25) is 5.02 Å². The third-order valence-electron chi connectivity index (χ3n) is 3.52. The van der Waals surface area contributed by atoms with E-state index >= 15 is 0 Å². The van der Waals surface area contributed by atoms with E-state index < -0.39 is 33.5 Å². The molecule has 0 saturated heterocycles. The third-order valence-corrected chi connectivity index (χ3v) is 5.33. The van der Waals surface area contributed by atoms with Gasteiger partial charge in [0.1, 0.15) is 5.54 Å². The number of benzene rings is 1. The largest absolute Gasteiger partial charge is 0.480 e. The summed E-state index contributed by atoms with van der Waals surface area (Å²) in [6.45, 7) is 4.06. The fourth-order valence-electron chi connectivity index (χ4n) is 1.67. The minimum absolute atomic E-state index is 0.0401. The van der Waals surface area contributed by atoms with Gasteiger partial charge in [0.05, 0.1) is 10.9 Å². The molecule has 2 N–H and O–H groups in total. The van der Waals surface area contributed by atoms with Crippen LogP contribution in [-0.2, 0) is 19.6 Å². The van der Waals surface area contributed by atoms with Crippen LogP contribution in [0.25, 0.3) is 0 Å². The Kier molecular flexibility index (Phi) is 5.79. The Morgan fingerprint density at radius 2 is 1.74 bits per heavy atom. The number of halogens is 1. The maximum Gasteiger partial charge on any atom is 0.329 e. The summed E-state index contributed by atoms with van der Waals surface area (Å²) >= 11 is 5.71. The standard InChI is InChI=1S/C14H19ClN2O5S/c1-9(12(18)17(4)14(2,3)13(19)20)16-23(21,22)11-7-5-10(15)6-8-11/h5-9,16H,1-4H3,(H,19,20). The molecule has 1 rings (SSSR count). The monoisotopic (exact) mass is 362 g/mol. The van der Waals surface area contributed by atoms with Gasteiger partial charge in [0, 0.05) is 12.1 Å². The van der Waals surface area contributed by atoms with Gasteiger partial charge in [-0.25, -0.2) is 13.2 Å². The van der Waals surface area contributed by atoms with Crippen LogP contribution < -0.4 is 4.72 Å². The molecule has 7 nitrogen and oxygen atoms in total. The number of nitrogens with zero attached hydrogens (tertiary/aromatic N) is 1. The highest BCUT2D eigenvalue weighted by Gasteiger charge is 2.37. The van der Waals surface area contributed by atoms with Crippen molar-refractivity contribution in [2.45, 2.75) is 37.2 Å². The molecule has 1 amide bonds. The smallest absolute Gasteiger partial charge is 0.329 e. The lowest BCUT2D eigenvalue weighted by molar-refractivity contribution is -0.155.